The van der Waals surface area contributed by atoms with Crippen LogP contribution in [0.15, 0.2) is 60.7 Å². The third kappa shape index (κ3) is 16.9. The average Bonchev–Trinajstić information content (AvgIpc) is 2.55. The van der Waals surface area contributed by atoms with Crippen molar-refractivity contribution in [2.24, 2.45) is 0 Å². The van der Waals surface area contributed by atoms with E-state index in [0.29, 0.717) is 12.3 Å². The van der Waals surface area contributed by atoms with Gasteiger partial charge < -0.3 is 5.32 Å². The first kappa shape index (κ1) is 33.6. The van der Waals surface area contributed by atoms with E-state index in [9.17, 15) is 4.79 Å². The maximum Gasteiger partial charge on any atom is 0.220 e. The van der Waals surface area contributed by atoms with Crippen molar-refractivity contribution in [3.63, 3.8) is 0 Å². The minimum Gasteiger partial charge on any atom is -0.354 e. The molecule has 2 rings (SSSR count). The Labute approximate surface area is 194 Å². The first-order valence-electron chi connectivity index (χ1n) is 8.37. The molecular weight excluding hydrogens is 407 g/mol. The average molecular weight is 449 g/mol. The van der Waals surface area contributed by atoms with Crippen molar-refractivity contribution in [1.29, 1.82) is 0 Å². The quantitative estimate of drug-likeness (QED) is 0.532. The number of carbonyl (C=O) groups is 1. The maximum atomic E-state index is 11.3. The molecule has 2 aromatic rings. The number of aryl methyl sites for hydroxylation is 1. The monoisotopic (exact) mass is 448 g/mol. The fraction of sp³-hybridized carbons (Fsp3) is 0.458. The van der Waals surface area contributed by atoms with E-state index in [0.717, 1.165) is 6.42 Å². The van der Waals surface area contributed by atoms with E-state index in [1.807, 2.05) is 50.2 Å². The SMILES string of the molecule is C.C.C.CC(C)NC(=O)CCc1ccccc1.CC(C)c1ccccc1.[Y]. The molecule has 0 aliphatic heterocycles. The van der Waals surface area contributed by atoms with Gasteiger partial charge in [0.05, 0.1) is 0 Å². The van der Waals surface area contributed by atoms with Crippen molar-refractivity contribution in [3.8, 4) is 0 Å². The van der Waals surface area contributed by atoms with Crippen LogP contribution >= 0.6 is 0 Å². The number of nitrogens with one attached hydrogen (secondary N) is 1. The van der Waals surface area contributed by atoms with Gasteiger partial charge in [0.25, 0.3) is 0 Å². The molecule has 0 bridgehead atoms. The van der Waals surface area contributed by atoms with Gasteiger partial charge in [0.2, 0.25) is 5.91 Å². The maximum absolute atomic E-state index is 11.3. The molecule has 0 unspecified atom stereocenters. The molecule has 1 amide bonds. The molecule has 0 saturated carbocycles. The summed E-state index contributed by atoms with van der Waals surface area (Å²) in [6.07, 6.45) is 1.39. The molecule has 1 radical (unpaired) electrons. The van der Waals surface area contributed by atoms with Gasteiger partial charge in [0.1, 0.15) is 0 Å². The van der Waals surface area contributed by atoms with Crippen LogP contribution in [0.25, 0.3) is 0 Å². The summed E-state index contributed by atoms with van der Waals surface area (Å²) in [5.41, 5.74) is 2.63. The molecule has 1 N–H and O–H groups in total. The van der Waals surface area contributed by atoms with E-state index in [-0.39, 0.29) is 66.9 Å². The molecular formula is C24H41NOY. The van der Waals surface area contributed by atoms with Crippen LogP contribution in [-0.2, 0) is 43.9 Å². The van der Waals surface area contributed by atoms with Gasteiger partial charge in [-0.1, -0.05) is 96.8 Å². The standard InChI is InChI=1S/C12H17NO.C9H12.3CH4.Y/c1-10(2)13-12(14)9-8-11-6-4-3-5-7-11;1-8(2)9-6-4-3-5-7-9;;;;/h3-7,10H,8-9H2,1-2H3,(H,13,14);3-8H,1-2H3;3*1H4;. The molecule has 0 heterocycles. The minimum atomic E-state index is 0. The van der Waals surface area contributed by atoms with Crippen LogP contribution in [0, 0.1) is 0 Å². The molecule has 0 fully saturated rings. The summed E-state index contributed by atoms with van der Waals surface area (Å²) in [7, 11) is 0. The van der Waals surface area contributed by atoms with Crippen LogP contribution in [0.3, 0.4) is 0 Å². The summed E-state index contributed by atoms with van der Waals surface area (Å²) in [6.45, 7) is 8.35. The van der Waals surface area contributed by atoms with E-state index < -0.39 is 0 Å². The summed E-state index contributed by atoms with van der Waals surface area (Å²) in [4.78, 5) is 11.3. The number of hydrogen-bond donors (Lipinski definition) is 1. The zero-order chi connectivity index (χ0) is 17.1. The molecule has 2 nitrogen and oxygen atoms in total. The van der Waals surface area contributed by atoms with E-state index in [1.54, 1.807) is 0 Å². The Morgan fingerprint density at radius 1 is 0.815 bits per heavy atom. The number of rotatable bonds is 5. The third-order valence-electron chi connectivity index (χ3n) is 3.40. The van der Waals surface area contributed by atoms with Crippen LogP contribution in [0.5, 0.6) is 0 Å². The molecule has 3 heteroatoms. The van der Waals surface area contributed by atoms with Crippen molar-refractivity contribution >= 4 is 5.91 Å². The van der Waals surface area contributed by atoms with Gasteiger partial charge in [-0.05, 0) is 37.3 Å². The van der Waals surface area contributed by atoms with E-state index >= 15 is 0 Å². The Hall–Kier alpha value is -0.986. The van der Waals surface area contributed by atoms with E-state index in [2.05, 4.69) is 43.4 Å². The fourth-order valence-corrected chi connectivity index (χ4v) is 2.13. The van der Waals surface area contributed by atoms with Crippen LogP contribution in [0.4, 0.5) is 0 Å². The Kier molecular flexibility index (Phi) is 24.6. The second kappa shape index (κ2) is 19.8. The summed E-state index contributed by atoms with van der Waals surface area (Å²) in [5, 5.41) is 2.87. The van der Waals surface area contributed by atoms with Gasteiger partial charge >= 0.3 is 0 Å². The first-order valence-corrected chi connectivity index (χ1v) is 8.37. The second-order valence-electron chi connectivity index (χ2n) is 6.27. The fourth-order valence-electron chi connectivity index (χ4n) is 2.13. The molecule has 27 heavy (non-hydrogen) atoms. The van der Waals surface area contributed by atoms with E-state index in [1.165, 1.54) is 11.1 Å². The summed E-state index contributed by atoms with van der Waals surface area (Å²) in [6, 6.07) is 20.8. The minimum absolute atomic E-state index is 0. The summed E-state index contributed by atoms with van der Waals surface area (Å²) < 4.78 is 0. The number of carbonyl (C=O) groups excluding carboxylic acids is 1. The number of amides is 1. The van der Waals surface area contributed by atoms with Crippen LogP contribution < -0.4 is 5.32 Å². The van der Waals surface area contributed by atoms with Gasteiger partial charge in [-0.3, -0.25) is 4.79 Å². The Balaban J connectivity index is -0.000000181. The van der Waals surface area contributed by atoms with Gasteiger partial charge in [-0.25, -0.2) is 0 Å². The zero-order valence-corrected chi connectivity index (χ0v) is 18.2. The summed E-state index contributed by atoms with van der Waals surface area (Å²) in [5.74, 6) is 0.787. The number of hydrogen-bond acceptors (Lipinski definition) is 1. The first-order chi connectivity index (χ1) is 11.0. The van der Waals surface area contributed by atoms with Crippen LogP contribution in [-0.4, -0.2) is 11.9 Å². The molecule has 151 valence electrons. The van der Waals surface area contributed by atoms with Gasteiger partial charge in [-0.15, -0.1) is 0 Å². The molecule has 0 aliphatic rings. The zero-order valence-electron chi connectivity index (χ0n) is 15.3. The van der Waals surface area contributed by atoms with Crippen molar-refractivity contribution < 1.29 is 37.5 Å². The normalized spacial score (nSPS) is 8.67. The molecule has 0 aliphatic carbocycles. The van der Waals surface area contributed by atoms with Crippen LogP contribution in [0.1, 0.15) is 73.4 Å². The van der Waals surface area contributed by atoms with Crippen molar-refractivity contribution in [2.75, 3.05) is 0 Å². The predicted octanol–water partition coefficient (Wildman–Crippen LogP) is 6.86. The van der Waals surface area contributed by atoms with Crippen molar-refractivity contribution in [3.05, 3.63) is 71.8 Å². The smallest absolute Gasteiger partial charge is 0.220 e. The predicted molar refractivity (Wildman–Crippen MR) is 119 cm³/mol. The second-order valence-corrected chi connectivity index (χ2v) is 6.27. The largest absolute Gasteiger partial charge is 0.354 e. The van der Waals surface area contributed by atoms with Gasteiger partial charge in [-0.2, -0.15) is 0 Å². The molecule has 0 spiro atoms. The Bertz CT molecular complexity index is 553. The molecule has 2 aromatic carbocycles. The van der Waals surface area contributed by atoms with Crippen molar-refractivity contribution in [2.45, 2.75) is 74.8 Å². The topological polar surface area (TPSA) is 29.1 Å². The Morgan fingerprint density at radius 2 is 1.26 bits per heavy atom. The van der Waals surface area contributed by atoms with Crippen molar-refractivity contribution in [1.82, 2.24) is 5.32 Å². The van der Waals surface area contributed by atoms with Crippen LogP contribution in [0.2, 0.25) is 0 Å². The van der Waals surface area contributed by atoms with E-state index in [4.69, 9.17) is 0 Å². The Morgan fingerprint density at radius 3 is 1.63 bits per heavy atom. The third-order valence-corrected chi connectivity index (χ3v) is 3.40. The molecule has 0 saturated heterocycles. The summed E-state index contributed by atoms with van der Waals surface area (Å²) >= 11 is 0. The molecule has 0 aromatic heterocycles. The van der Waals surface area contributed by atoms with Gasteiger partial charge in [0.15, 0.2) is 0 Å². The van der Waals surface area contributed by atoms with Gasteiger partial charge in [0, 0.05) is 45.2 Å². The molecule has 0 atom stereocenters. The number of benzene rings is 2.